The molecular formula is C21H15F2N5O4. The molecule has 4 rings (SSSR count). The van der Waals surface area contributed by atoms with E-state index < -0.39 is 23.8 Å². The van der Waals surface area contributed by atoms with Crippen LogP contribution < -0.4 is 20.7 Å². The Morgan fingerprint density at radius 1 is 0.906 bits per heavy atom. The number of benzene rings is 3. The molecule has 1 aromatic heterocycles. The molecule has 0 radical (unpaired) electrons. The van der Waals surface area contributed by atoms with E-state index in [1.54, 1.807) is 42.5 Å². The Bertz CT molecular complexity index is 1310. The number of ether oxygens (including phenoxy) is 1. The Morgan fingerprint density at radius 2 is 1.66 bits per heavy atom. The average Bonchev–Trinajstić information content (AvgIpc) is 3.13. The van der Waals surface area contributed by atoms with Crippen molar-refractivity contribution in [1.82, 2.24) is 9.97 Å². The fourth-order valence-corrected chi connectivity index (χ4v) is 2.83. The van der Waals surface area contributed by atoms with Gasteiger partial charge < -0.3 is 25.5 Å². The smallest absolute Gasteiger partial charge is 0.411 e. The van der Waals surface area contributed by atoms with Crippen molar-refractivity contribution in [2.45, 2.75) is 0 Å². The molecule has 0 fully saturated rings. The first-order valence-electron chi connectivity index (χ1n) is 9.16. The number of hydrogen-bond donors (Lipinski definition) is 5. The first-order chi connectivity index (χ1) is 15.4. The molecular weight excluding hydrogens is 424 g/mol. The van der Waals surface area contributed by atoms with Crippen molar-refractivity contribution < 1.29 is 28.2 Å². The number of hydrogen-bond acceptors (Lipinski definition) is 4. The number of aromatic amines is 1. The van der Waals surface area contributed by atoms with E-state index in [1.807, 2.05) is 0 Å². The molecule has 0 atom stereocenters. The minimum Gasteiger partial charge on any atom is -0.465 e. The van der Waals surface area contributed by atoms with Crippen LogP contribution in [0.1, 0.15) is 0 Å². The first kappa shape index (κ1) is 20.6. The summed E-state index contributed by atoms with van der Waals surface area (Å²) in [5, 5.41) is 15.6. The van der Waals surface area contributed by atoms with E-state index in [-0.39, 0.29) is 11.6 Å². The maximum atomic E-state index is 13.6. The summed E-state index contributed by atoms with van der Waals surface area (Å²) in [5.41, 5.74) is 1.25. The molecule has 1 heterocycles. The third-order valence-electron chi connectivity index (χ3n) is 4.20. The highest BCUT2D eigenvalue weighted by atomic mass is 19.1. The number of nitrogens with one attached hydrogen (secondary N) is 4. The molecule has 0 spiro atoms. The van der Waals surface area contributed by atoms with Crippen LogP contribution in [0.4, 0.5) is 35.7 Å². The van der Waals surface area contributed by atoms with Crippen molar-refractivity contribution in [2.24, 2.45) is 0 Å². The summed E-state index contributed by atoms with van der Waals surface area (Å²) in [6, 6.07) is 13.3. The van der Waals surface area contributed by atoms with Crippen LogP contribution in [0.2, 0.25) is 0 Å². The number of H-pyrrole nitrogens is 1. The summed E-state index contributed by atoms with van der Waals surface area (Å²) < 4.78 is 32.6. The van der Waals surface area contributed by atoms with Gasteiger partial charge in [-0.15, -0.1) is 0 Å². The van der Waals surface area contributed by atoms with Gasteiger partial charge in [0.2, 0.25) is 5.95 Å². The third kappa shape index (κ3) is 4.90. The van der Waals surface area contributed by atoms with Gasteiger partial charge in [-0.25, -0.2) is 23.4 Å². The SMILES string of the molecule is O=C(O)Nc1nc2cc(Oc3ccc(NC(=O)Nc4cc(F)ccc4F)cc3)ccc2[nH]1. The van der Waals surface area contributed by atoms with Gasteiger partial charge in [0.15, 0.2) is 0 Å². The second-order valence-corrected chi connectivity index (χ2v) is 6.52. The molecule has 4 aromatic rings. The molecule has 0 aliphatic heterocycles. The Labute approximate surface area is 179 Å². The summed E-state index contributed by atoms with van der Waals surface area (Å²) in [7, 11) is 0. The van der Waals surface area contributed by atoms with E-state index in [0.29, 0.717) is 28.2 Å². The minimum atomic E-state index is -1.23. The first-order valence-corrected chi connectivity index (χ1v) is 9.16. The lowest BCUT2D eigenvalue weighted by Gasteiger charge is -2.10. The number of carbonyl (C=O) groups excluding carboxylic acids is 1. The molecule has 0 saturated carbocycles. The van der Waals surface area contributed by atoms with Crippen LogP contribution in [0.3, 0.4) is 0 Å². The van der Waals surface area contributed by atoms with Crippen LogP contribution in [0, 0.1) is 11.6 Å². The zero-order chi connectivity index (χ0) is 22.7. The predicted molar refractivity (Wildman–Crippen MR) is 113 cm³/mol. The summed E-state index contributed by atoms with van der Waals surface area (Å²) in [5.74, 6) is -0.413. The topological polar surface area (TPSA) is 128 Å². The second kappa shape index (κ2) is 8.60. The van der Waals surface area contributed by atoms with Gasteiger partial charge in [-0.2, -0.15) is 0 Å². The van der Waals surface area contributed by atoms with Gasteiger partial charge in [0, 0.05) is 17.8 Å². The standard InChI is InChI=1S/C21H15F2N5O4/c22-11-1-7-15(23)17(9-11)27-20(29)24-12-2-4-13(5-3-12)32-14-6-8-16-18(10-14)26-19(25-16)28-21(30)31/h1-10H,(H,30,31)(H2,24,27,29)(H2,25,26,28). The Balaban J connectivity index is 1.39. The number of carboxylic acid groups (broad SMARTS) is 1. The van der Waals surface area contributed by atoms with E-state index in [9.17, 15) is 18.4 Å². The molecule has 0 bridgehead atoms. The number of nitrogens with zero attached hydrogens (tertiary/aromatic N) is 1. The van der Waals surface area contributed by atoms with E-state index in [1.165, 1.54) is 0 Å². The zero-order valence-corrected chi connectivity index (χ0v) is 16.1. The monoisotopic (exact) mass is 439 g/mol. The van der Waals surface area contributed by atoms with Crippen molar-refractivity contribution in [2.75, 3.05) is 16.0 Å². The van der Waals surface area contributed by atoms with Gasteiger partial charge in [-0.05, 0) is 48.5 Å². The van der Waals surface area contributed by atoms with Gasteiger partial charge >= 0.3 is 12.1 Å². The number of anilines is 3. The fraction of sp³-hybridized carbons (Fsp3) is 0. The number of carbonyl (C=O) groups is 2. The molecule has 0 aliphatic carbocycles. The summed E-state index contributed by atoms with van der Waals surface area (Å²) >= 11 is 0. The van der Waals surface area contributed by atoms with Crippen LogP contribution in [0.5, 0.6) is 11.5 Å². The van der Waals surface area contributed by atoms with E-state index >= 15 is 0 Å². The van der Waals surface area contributed by atoms with Crippen LogP contribution in [0.25, 0.3) is 11.0 Å². The van der Waals surface area contributed by atoms with Crippen molar-refractivity contribution >= 4 is 40.5 Å². The van der Waals surface area contributed by atoms with Gasteiger partial charge in [-0.1, -0.05) is 0 Å². The van der Waals surface area contributed by atoms with Crippen LogP contribution in [0.15, 0.2) is 60.7 Å². The molecule has 162 valence electrons. The molecule has 0 aliphatic rings. The molecule has 0 saturated heterocycles. The number of amides is 3. The fourth-order valence-electron chi connectivity index (χ4n) is 2.83. The summed E-state index contributed by atoms with van der Waals surface area (Å²) in [6.07, 6.45) is -1.23. The van der Waals surface area contributed by atoms with Gasteiger partial charge in [0.25, 0.3) is 0 Å². The van der Waals surface area contributed by atoms with Crippen molar-refractivity contribution in [3.8, 4) is 11.5 Å². The maximum Gasteiger partial charge on any atom is 0.411 e. The minimum absolute atomic E-state index is 0.0940. The number of urea groups is 1. The van der Waals surface area contributed by atoms with E-state index in [2.05, 4.69) is 25.9 Å². The highest BCUT2D eigenvalue weighted by molar-refractivity contribution is 5.99. The highest BCUT2D eigenvalue weighted by Gasteiger charge is 2.10. The lowest BCUT2D eigenvalue weighted by Crippen LogP contribution is -2.20. The van der Waals surface area contributed by atoms with Gasteiger partial charge in [-0.3, -0.25) is 5.32 Å². The molecule has 0 unspecified atom stereocenters. The second-order valence-electron chi connectivity index (χ2n) is 6.52. The maximum absolute atomic E-state index is 13.6. The van der Waals surface area contributed by atoms with Gasteiger partial charge in [0.1, 0.15) is 23.1 Å². The lowest BCUT2D eigenvalue weighted by atomic mass is 10.3. The Morgan fingerprint density at radius 3 is 2.41 bits per heavy atom. The number of halogens is 2. The van der Waals surface area contributed by atoms with Crippen molar-refractivity contribution in [3.05, 3.63) is 72.3 Å². The number of aromatic nitrogens is 2. The molecule has 32 heavy (non-hydrogen) atoms. The van der Waals surface area contributed by atoms with Crippen LogP contribution >= 0.6 is 0 Å². The van der Waals surface area contributed by atoms with Crippen LogP contribution in [-0.2, 0) is 0 Å². The van der Waals surface area contributed by atoms with Crippen molar-refractivity contribution in [3.63, 3.8) is 0 Å². The summed E-state index contributed by atoms with van der Waals surface area (Å²) in [6.45, 7) is 0. The Kier molecular flexibility index (Phi) is 5.53. The quantitative estimate of drug-likeness (QED) is 0.286. The molecule has 3 aromatic carbocycles. The predicted octanol–water partition coefficient (Wildman–Crippen LogP) is 5.37. The van der Waals surface area contributed by atoms with Crippen LogP contribution in [-0.4, -0.2) is 27.2 Å². The van der Waals surface area contributed by atoms with Gasteiger partial charge in [0.05, 0.1) is 16.7 Å². The molecule has 11 heteroatoms. The third-order valence-corrected chi connectivity index (χ3v) is 4.20. The molecule has 9 nitrogen and oxygen atoms in total. The van der Waals surface area contributed by atoms with E-state index in [0.717, 1.165) is 18.2 Å². The lowest BCUT2D eigenvalue weighted by molar-refractivity contribution is 0.209. The number of fused-ring (bicyclic) bond motifs is 1. The average molecular weight is 439 g/mol. The normalized spacial score (nSPS) is 10.6. The number of imidazole rings is 1. The molecule has 5 N–H and O–H groups in total. The summed E-state index contributed by atoms with van der Waals surface area (Å²) in [4.78, 5) is 29.7. The number of rotatable bonds is 5. The zero-order valence-electron chi connectivity index (χ0n) is 16.1. The van der Waals surface area contributed by atoms with Crippen molar-refractivity contribution in [1.29, 1.82) is 0 Å². The largest absolute Gasteiger partial charge is 0.465 e. The van der Waals surface area contributed by atoms with E-state index in [4.69, 9.17) is 9.84 Å². The Hall–Kier alpha value is -4.67. The molecule has 3 amide bonds. The highest BCUT2D eigenvalue weighted by Crippen LogP contribution is 2.26.